The molecule has 0 aliphatic rings. The molecule has 0 radical (unpaired) electrons. The summed E-state index contributed by atoms with van der Waals surface area (Å²) in [7, 11) is 0. The molecule has 4 aromatic carbocycles. The van der Waals surface area contributed by atoms with Gasteiger partial charge in [-0.1, -0.05) is 70.1 Å². The first-order chi connectivity index (χ1) is 9.99. The summed E-state index contributed by atoms with van der Waals surface area (Å²) in [4.78, 5) is 0. The van der Waals surface area contributed by atoms with E-state index in [0.29, 0.717) is 25.1 Å². The Morgan fingerprint density at radius 3 is 1.57 bits per heavy atom. The number of halogens is 5. The minimum atomic E-state index is 0.517. The SMILES string of the molecule is Clc1cc(Cl)c2cc(Cl)c3c(Cl)cc(Cl)c4ccc1c2c43. The molecule has 5 heteroatoms. The maximum absolute atomic E-state index is 6.41. The molecule has 0 fully saturated rings. The summed E-state index contributed by atoms with van der Waals surface area (Å²) in [5, 5.41) is 8.03. The lowest BCUT2D eigenvalue weighted by molar-refractivity contribution is 1.77. The van der Waals surface area contributed by atoms with Crippen LogP contribution >= 0.6 is 58.0 Å². The molecule has 4 rings (SSSR count). The predicted octanol–water partition coefficient (Wildman–Crippen LogP) is 7.85. The van der Waals surface area contributed by atoms with Gasteiger partial charge in [0.05, 0.1) is 10.0 Å². The van der Waals surface area contributed by atoms with Gasteiger partial charge in [-0.05, 0) is 18.2 Å². The third-order valence-corrected chi connectivity index (χ3v) is 5.29. The smallest absolute Gasteiger partial charge is 0.0514 e. The second-order valence-corrected chi connectivity index (χ2v) is 6.91. The highest BCUT2D eigenvalue weighted by atomic mass is 35.5. The molecule has 0 aliphatic carbocycles. The largest absolute Gasteiger partial charge is 0.0836 e. The van der Waals surface area contributed by atoms with Gasteiger partial charge < -0.3 is 0 Å². The van der Waals surface area contributed by atoms with Crippen molar-refractivity contribution in [2.45, 2.75) is 0 Å². The van der Waals surface area contributed by atoms with E-state index in [4.69, 9.17) is 58.0 Å². The van der Waals surface area contributed by atoms with Crippen LogP contribution in [0.1, 0.15) is 0 Å². The van der Waals surface area contributed by atoms with Crippen LogP contribution in [0.4, 0.5) is 0 Å². The maximum atomic E-state index is 6.41. The molecule has 0 bridgehead atoms. The highest BCUT2D eigenvalue weighted by molar-refractivity contribution is 6.51. The summed E-state index contributed by atoms with van der Waals surface area (Å²) in [5.41, 5.74) is 0. The van der Waals surface area contributed by atoms with Crippen LogP contribution in [-0.4, -0.2) is 0 Å². The molecular formula is C16H5Cl5. The Morgan fingerprint density at radius 1 is 0.429 bits per heavy atom. The maximum Gasteiger partial charge on any atom is 0.0514 e. The normalized spacial score (nSPS) is 12.0. The van der Waals surface area contributed by atoms with Gasteiger partial charge in [0, 0.05) is 47.4 Å². The van der Waals surface area contributed by atoms with E-state index >= 15 is 0 Å². The highest BCUT2D eigenvalue weighted by Crippen LogP contribution is 2.47. The minimum absolute atomic E-state index is 0.517. The van der Waals surface area contributed by atoms with Crippen molar-refractivity contribution in [2.24, 2.45) is 0 Å². The average molecular weight is 374 g/mol. The van der Waals surface area contributed by atoms with E-state index in [-0.39, 0.29) is 0 Å². The Balaban J connectivity index is 2.50. The summed E-state index contributed by atoms with van der Waals surface area (Å²) in [6.45, 7) is 0. The van der Waals surface area contributed by atoms with Crippen LogP contribution in [0.3, 0.4) is 0 Å². The second kappa shape index (κ2) is 4.68. The van der Waals surface area contributed by atoms with Crippen LogP contribution in [-0.2, 0) is 0 Å². The van der Waals surface area contributed by atoms with Gasteiger partial charge in [0.1, 0.15) is 0 Å². The van der Waals surface area contributed by atoms with Crippen molar-refractivity contribution in [2.75, 3.05) is 0 Å². The molecule has 0 N–H and O–H groups in total. The highest BCUT2D eigenvalue weighted by Gasteiger charge is 2.18. The first-order valence-electron chi connectivity index (χ1n) is 6.09. The first kappa shape index (κ1) is 14.0. The van der Waals surface area contributed by atoms with E-state index < -0.39 is 0 Å². The Labute approximate surface area is 145 Å². The summed E-state index contributed by atoms with van der Waals surface area (Å²) in [6.07, 6.45) is 0. The van der Waals surface area contributed by atoms with Crippen LogP contribution in [0.5, 0.6) is 0 Å². The van der Waals surface area contributed by atoms with E-state index in [2.05, 4.69) is 0 Å². The molecule has 21 heavy (non-hydrogen) atoms. The van der Waals surface area contributed by atoms with Crippen LogP contribution in [0.2, 0.25) is 25.1 Å². The van der Waals surface area contributed by atoms with E-state index in [1.54, 1.807) is 12.1 Å². The Bertz CT molecular complexity index is 1040. The molecule has 0 heterocycles. The zero-order chi connectivity index (χ0) is 14.9. The van der Waals surface area contributed by atoms with Crippen molar-refractivity contribution in [1.82, 2.24) is 0 Å². The third-order valence-electron chi connectivity index (χ3n) is 3.75. The van der Waals surface area contributed by atoms with Gasteiger partial charge in [-0.3, -0.25) is 0 Å². The summed E-state index contributed by atoms with van der Waals surface area (Å²) < 4.78 is 0. The molecule has 0 nitrogen and oxygen atoms in total. The van der Waals surface area contributed by atoms with Gasteiger partial charge in [0.15, 0.2) is 0 Å². The second-order valence-electron chi connectivity index (χ2n) is 4.87. The molecule has 4 aromatic rings. The van der Waals surface area contributed by atoms with Crippen LogP contribution in [0.15, 0.2) is 30.3 Å². The molecule has 0 saturated heterocycles. The fourth-order valence-electron chi connectivity index (χ4n) is 2.88. The molecular weight excluding hydrogens is 369 g/mol. The Kier molecular flexibility index (Phi) is 3.12. The Hall–Kier alpha value is -0.630. The van der Waals surface area contributed by atoms with E-state index in [9.17, 15) is 0 Å². The number of hydrogen-bond acceptors (Lipinski definition) is 0. The summed E-state index contributed by atoms with van der Waals surface area (Å²) in [5.74, 6) is 0. The zero-order valence-electron chi connectivity index (χ0n) is 10.3. The van der Waals surface area contributed by atoms with Gasteiger partial charge in [-0.25, -0.2) is 0 Å². The summed E-state index contributed by atoms with van der Waals surface area (Å²) >= 11 is 31.7. The molecule has 0 spiro atoms. The van der Waals surface area contributed by atoms with Gasteiger partial charge >= 0.3 is 0 Å². The van der Waals surface area contributed by atoms with Gasteiger partial charge in [0.25, 0.3) is 0 Å². The van der Waals surface area contributed by atoms with E-state index in [0.717, 1.165) is 32.3 Å². The van der Waals surface area contributed by atoms with Crippen molar-refractivity contribution in [3.05, 3.63) is 55.4 Å². The minimum Gasteiger partial charge on any atom is -0.0836 e. The predicted molar refractivity (Wildman–Crippen MR) is 95.2 cm³/mol. The number of rotatable bonds is 0. The monoisotopic (exact) mass is 372 g/mol. The average Bonchev–Trinajstić information content (AvgIpc) is 2.42. The van der Waals surface area contributed by atoms with E-state index in [1.165, 1.54) is 0 Å². The standard InChI is InChI=1S/C16H5Cl5/c17-9-4-11(19)8-3-12(20)16-13(21)5-10(18)7-2-1-6(9)14(8)15(7)16/h1-5H. The van der Waals surface area contributed by atoms with Crippen molar-refractivity contribution >= 4 is 90.3 Å². The lowest BCUT2D eigenvalue weighted by Crippen LogP contribution is -1.88. The van der Waals surface area contributed by atoms with Crippen molar-refractivity contribution in [1.29, 1.82) is 0 Å². The zero-order valence-corrected chi connectivity index (χ0v) is 14.1. The number of benzene rings is 4. The van der Waals surface area contributed by atoms with Crippen molar-refractivity contribution in [3.8, 4) is 0 Å². The summed E-state index contributed by atoms with van der Waals surface area (Å²) in [6, 6.07) is 9.13. The molecule has 0 aromatic heterocycles. The van der Waals surface area contributed by atoms with E-state index in [1.807, 2.05) is 18.2 Å². The van der Waals surface area contributed by atoms with Gasteiger partial charge in [0.2, 0.25) is 0 Å². The molecule has 0 unspecified atom stereocenters. The first-order valence-corrected chi connectivity index (χ1v) is 7.98. The molecule has 0 aliphatic heterocycles. The molecule has 104 valence electrons. The fourth-order valence-corrected chi connectivity index (χ4v) is 4.44. The quantitative estimate of drug-likeness (QED) is 0.275. The number of hydrogen-bond donors (Lipinski definition) is 0. The van der Waals surface area contributed by atoms with Gasteiger partial charge in [-0.15, -0.1) is 0 Å². The molecule has 0 amide bonds. The Morgan fingerprint density at radius 2 is 0.905 bits per heavy atom. The van der Waals surface area contributed by atoms with Crippen molar-refractivity contribution in [3.63, 3.8) is 0 Å². The van der Waals surface area contributed by atoms with Crippen LogP contribution < -0.4 is 0 Å². The van der Waals surface area contributed by atoms with Crippen LogP contribution in [0, 0.1) is 0 Å². The topological polar surface area (TPSA) is 0 Å². The van der Waals surface area contributed by atoms with Gasteiger partial charge in [-0.2, -0.15) is 0 Å². The van der Waals surface area contributed by atoms with Crippen LogP contribution in [0.25, 0.3) is 32.3 Å². The third kappa shape index (κ3) is 1.84. The molecule has 0 saturated carbocycles. The lowest BCUT2D eigenvalue weighted by atomic mass is 9.94. The van der Waals surface area contributed by atoms with Crippen molar-refractivity contribution < 1.29 is 0 Å². The fraction of sp³-hybridized carbons (Fsp3) is 0. The molecule has 0 atom stereocenters. The lowest BCUT2D eigenvalue weighted by Gasteiger charge is -2.16.